The van der Waals surface area contributed by atoms with Crippen LogP contribution in [0.2, 0.25) is 0 Å². The van der Waals surface area contributed by atoms with Crippen molar-refractivity contribution in [2.45, 2.75) is 26.4 Å². The lowest BCUT2D eigenvalue weighted by molar-refractivity contribution is -0.115. The Morgan fingerprint density at radius 2 is 2.22 bits per heavy atom. The van der Waals surface area contributed by atoms with Gasteiger partial charge in [-0.3, -0.25) is 9.69 Å². The van der Waals surface area contributed by atoms with Crippen molar-refractivity contribution in [2.24, 2.45) is 0 Å². The summed E-state index contributed by atoms with van der Waals surface area (Å²) in [5.74, 6) is 0.0137. The molecule has 1 aliphatic heterocycles. The van der Waals surface area contributed by atoms with Gasteiger partial charge in [-0.1, -0.05) is 19.1 Å². The number of likely N-dealkylation sites (N-methyl/N-ethyl adjacent to an activating group) is 1. The Balaban J connectivity index is 2.11. The van der Waals surface area contributed by atoms with Crippen molar-refractivity contribution >= 4 is 11.6 Å². The van der Waals surface area contributed by atoms with E-state index in [0.29, 0.717) is 6.54 Å². The molecule has 1 amide bonds. The van der Waals surface area contributed by atoms with Crippen molar-refractivity contribution in [3.05, 3.63) is 29.3 Å². The summed E-state index contributed by atoms with van der Waals surface area (Å²) in [7, 11) is 1.78. The highest BCUT2D eigenvalue weighted by Gasteiger charge is 2.21. The molecule has 0 radical (unpaired) electrons. The Kier molecular flexibility index (Phi) is 4.33. The number of nitrogens with zero attached hydrogens (tertiary/aromatic N) is 1. The Morgan fingerprint density at radius 1 is 1.39 bits per heavy atom. The van der Waals surface area contributed by atoms with Crippen LogP contribution in [0.3, 0.4) is 0 Å². The Morgan fingerprint density at radius 3 is 2.94 bits per heavy atom. The molecular weight excluding hydrogens is 226 g/mol. The molecule has 0 aliphatic carbocycles. The molecule has 18 heavy (non-hydrogen) atoms. The first-order valence-corrected chi connectivity index (χ1v) is 6.52. The summed E-state index contributed by atoms with van der Waals surface area (Å²) < 4.78 is 0. The maximum absolute atomic E-state index is 11.6. The van der Waals surface area contributed by atoms with Gasteiger partial charge in [0.2, 0.25) is 5.91 Å². The predicted molar refractivity (Wildman–Crippen MR) is 73.4 cm³/mol. The standard InChI is InChI=1S/C14H21N3O/c1-3-7-17-9-11-5-4-6-13(12(11)10-17)16-14(18)8-15-2/h4-6,15H,3,7-10H2,1-2H3,(H,16,18). The summed E-state index contributed by atoms with van der Waals surface area (Å²) in [5.41, 5.74) is 3.58. The van der Waals surface area contributed by atoms with Crippen LogP contribution in [0.15, 0.2) is 18.2 Å². The van der Waals surface area contributed by atoms with Crippen LogP contribution in [-0.4, -0.2) is 30.9 Å². The van der Waals surface area contributed by atoms with E-state index in [2.05, 4.69) is 28.5 Å². The van der Waals surface area contributed by atoms with Gasteiger partial charge in [0.1, 0.15) is 0 Å². The van der Waals surface area contributed by atoms with Gasteiger partial charge in [0.05, 0.1) is 6.54 Å². The lowest BCUT2D eigenvalue weighted by Gasteiger charge is -2.13. The molecule has 0 bridgehead atoms. The molecule has 0 saturated heterocycles. The van der Waals surface area contributed by atoms with E-state index in [1.165, 1.54) is 11.1 Å². The number of fused-ring (bicyclic) bond motifs is 1. The molecular formula is C14H21N3O. The highest BCUT2D eigenvalue weighted by molar-refractivity contribution is 5.93. The van der Waals surface area contributed by atoms with Crippen molar-refractivity contribution in [1.82, 2.24) is 10.2 Å². The molecule has 1 aromatic carbocycles. The summed E-state index contributed by atoms with van der Waals surface area (Å²) in [4.78, 5) is 14.0. The van der Waals surface area contributed by atoms with Crippen LogP contribution in [0, 0.1) is 0 Å². The molecule has 98 valence electrons. The lowest BCUT2D eigenvalue weighted by Crippen LogP contribution is -2.25. The lowest BCUT2D eigenvalue weighted by atomic mass is 10.1. The first-order chi connectivity index (χ1) is 8.74. The van der Waals surface area contributed by atoms with Gasteiger partial charge < -0.3 is 10.6 Å². The quantitative estimate of drug-likeness (QED) is 0.830. The van der Waals surface area contributed by atoms with Gasteiger partial charge in [0.25, 0.3) is 0 Å². The molecule has 1 aliphatic rings. The Hall–Kier alpha value is -1.39. The van der Waals surface area contributed by atoms with Gasteiger partial charge in [0, 0.05) is 18.8 Å². The van der Waals surface area contributed by atoms with Crippen molar-refractivity contribution in [3.63, 3.8) is 0 Å². The summed E-state index contributed by atoms with van der Waals surface area (Å²) in [6, 6.07) is 6.16. The molecule has 2 N–H and O–H groups in total. The van der Waals surface area contributed by atoms with E-state index in [9.17, 15) is 4.79 Å². The van der Waals surface area contributed by atoms with Gasteiger partial charge in [-0.25, -0.2) is 0 Å². The third-order valence-corrected chi connectivity index (χ3v) is 3.20. The van der Waals surface area contributed by atoms with Gasteiger partial charge in [-0.15, -0.1) is 0 Å². The second-order valence-electron chi connectivity index (χ2n) is 4.73. The Bertz CT molecular complexity index is 431. The van der Waals surface area contributed by atoms with Crippen molar-refractivity contribution in [1.29, 1.82) is 0 Å². The smallest absolute Gasteiger partial charge is 0.238 e. The zero-order valence-corrected chi connectivity index (χ0v) is 11.1. The van der Waals surface area contributed by atoms with Crippen molar-refractivity contribution in [3.8, 4) is 0 Å². The third-order valence-electron chi connectivity index (χ3n) is 3.20. The van der Waals surface area contributed by atoms with Crippen LogP contribution in [0.1, 0.15) is 24.5 Å². The third kappa shape index (κ3) is 2.89. The van der Waals surface area contributed by atoms with E-state index >= 15 is 0 Å². The van der Waals surface area contributed by atoms with Gasteiger partial charge in [-0.2, -0.15) is 0 Å². The minimum atomic E-state index is 0.0137. The number of hydrogen-bond donors (Lipinski definition) is 2. The van der Waals surface area contributed by atoms with E-state index in [0.717, 1.165) is 31.7 Å². The maximum Gasteiger partial charge on any atom is 0.238 e. The zero-order chi connectivity index (χ0) is 13.0. The fourth-order valence-electron chi connectivity index (χ4n) is 2.44. The van der Waals surface area contributed by atoms with E-state index < -0.39 is 0 Å². The van der Waals surface area contributed by atoms with E-state index in [4.69, 9.17) is 0 Å². The predicted octanol–water partition coefficient (Wildman–Crippen LogP) is 1.57. The van der Waals surface area contributed by atoms with Crippen LogP contribution in [-0.2, 0) is 17.9 Å². The second-order valence-corrected chi connectivity index (χ2v) is 4.73. The first-order valence-electron chi connectivity index (χ1n) is 6.52. The van der Waals surface area contributed by atoms with Crippen LogP contribution in [0.5, 0.6) is 0 Å². The summed E-state index contributed by atoms with van der Waals surface area (Å²) in [6.07, 6.45) is 1.16. The second kappa shape index (κ2) is 5.98. The minimum Gasteiger partial charge on any atom is -0.325 e. The summed E-state index contributed by atoms with van der Waals surface area (Å²) >= 11 is 0. The highest BCUT2D eigenvalue weighted by Crippen LogP contribution is 2.29. The molecule has 0 unspecified atom stereocenters. The molecule has 2 rings (SSSR count). The average Bonchev–Trinajstić information content (AvgIpc) is 2.73. The number of carbonyl (C=O) groups is 1. The number of amides is 1. The van der Waals surface area contributed by atoms with Crippen LogP contribution in [0.4, 0.5) is 5.69 Å². The van der Waals surface area contributed by atoms with Crippen molar-refractivity contribution in [2.75, 3.05) is 25.5 Å². The van der Waals surface area contributed by atoms with E-state index in [-0.39, 0.29) is 5.91 Å². The molecule has 1 aromatic rings. The maximum atomic E-state index is 11.6. The molecule has 4 heteroatoms. The number of carbonyl (C=O) groups excluding carboxylic acids is 1. The minimum absolute atomic E-state index is 0.0137. The number of benzene rings is 1. The number of anilines is 1. The van der Waals surface area contributed by atoms with Crippen LogP contribution in [0.25, 0.3) is 0 Å². The number of rotatable bonds is 5. The van der Waals surface area contributed by atoms with Gasteiger partial charge in [0.15, 0.2) is 0 Å². The van der Waals surface area contributed by atoms with E-state index in [1.807, 2.05) is 12.1 Å². The molecule has 0 saturated carbocycles. The highest BCUT2D eigenvalue weighted by atomic mass is 16.1. The first kappa shape index (κ1) is 13.1. The zero-order valence-electron chi connectivity index (χ0n) is 11.1. The van der Waals surface area contributed by atoms with Crippen LogP contribution < -0.4 is 10.6 Å². The average molecular weight is 247 g/mol. The number of nitrogens with one attached hydrogen (secondary N) is 2. The molecule has 0 fully saturated rings. The van der Waals surface area contributed by atoms with Crippen molar-refractivity contribution < 1.29 is 4.79 Å². The molecule has 0 aromatic heterocycles. The molecule has 1 heterocycles. The van der Waals surface area contributed by atoms with Crippen LogP contribution >= 0.6 is 0 Å². The fourth-order valence-corrected chi connectivity index (χ4v) is 2.44. The normalized spacial score (nSPS) is 14.6. The van der Waals surface area contributed by atoms with E-state index in [1.54, 1.807) is 7.05 Å². The van der Waals surface area contributed by atoms with Gasteiger partial charge >= 0.3 is 0 Å². The Labute approximate surface area is 108 Å². The number of hydrogen-bond acceptors (Lipinski definition) is 3. The van der Waals surface area contributed by atoms with Gasteiger partial charge in [-0.05, 0) is 37.2 Å². The summed E-state index contributed by atoms with van der Waals surface area (Å²) in [5, 5.41) is 5.84. The molecule has 0 spiro atoms. The fraction of sp³-hybridized carbons (Fsp3) is 0.500. The largest absolute Gasteiger partial charge is 0.325 e. The SMILES string of the molecule is CCCN1Cc2cccc(NC(=O)CNC)c2C1. The molecule has 4 nitrogen and oxygen atoms in total. The summed E-state index contributed by atoms with van der Waals surface area (Å²) in [6.45, 7) is 5.59. The molecule has 0 atom stereocenters. The topological polar surface area (TPSA) is 44.4 Å². The monoisotopic (exact) mass is 247 g/mol.